The zero-order valence-corrected chi connectivity index (χ0v) is 15.6. The molecular weight excluding hydrogens is 372 g/mol. The van der Waals surface area contributed by atoms with Crippen LogP contribution in [0.1, 0.15) is 18.7 Å². The summed E-state index contributed by atoms with van der Waals surface area (Å²) in [6, 6.07) is 0. The lowest BCUT2D eigenvalue weighted by Crippen LogP contribution is -2.44. The number of aromatic nitrogens is 3. The summed E-state index contributed by atoms with van der Waals surface area (Å²) in [4.78, 5) is 19.9. The van der Waals surface area contributed by atoms with E-state index in [1.54, 1.807) is 0 Å². The summed E-state index contributed by atoms with van der Waals surface area (Å²) in [7, 11) is 2.60. The second-order valence-electron chi connectivity index (χ2n) is 6.52. The highest BCUT2D eigenvalue weighted by Gasteiger charge is 2.53. The van der Waals surface area contributed by atoms with Crippen LogP contribution in [0, 0.1) is 0 Å². The smallest absolute Gasteiger partial charge is 0.334 e. The Balaban J connectivity index is 2.22. The second-order valence-corrected chi connectivity index (χ2v) is 6.52. The van der Waals surface area contributed by atoms with Crippen molar-refractivity contribution in [3.8, 4) is 0 Å². The molecule has 2 aromatic heterocycles. The number of hydrogen-bond donors (Lipinski definition) is 4. The minimum absolute atomic E-state index is 0.114. The summed E-state index contributed by atoms with van der Waals surface area (Å²) in [5, 5.41) is 30.9. The average molecular weight is 394 g/mol. The van der Waals surface area contributed by atoms with Crippen molar-refractivity contribution < 1.29 is 34.3 Å². The monoisotopic (exact) mass is 394 g/mol. The van der Waals surface area contributed by atoms with E-state index in [2.05, 4.69) is 14.7 Å². The van der Waals surface area contributed by atoms with Crippen LogP contribution in [-0.4, -0.2) is 74.5 Å². The molecule has 2 aromatic rings. The number of nitrogen functional groups attached to an aromatic ring is 1. The first-order valence-corrected chi connectivity index (χ1v) is 8.38. The molecule has 1 fully saturated rings. The molecule has 0 bridgehead atoms. The average Bonchev–Trinajstić information content (AvgIpc) is 3.16. The first-order chi connectivity index (χ1) is 13.3. The number of rotatable bonds is 5. The summed E-state index contributed by atoms with van der Waals surface area (Å²) < 4.78 is 17.1. The molecule has 0 saturated carbocycles. The summed E-state index contributed by atoms with van der Waals surface area (Å²) in [5.41, 5.74) is 4.92. The van der Waals surface area contributed by atoms with Crippen molar-refractivity contribution in [2.45, 2.75) is 31.0 Å². The van der Waals surface area contributed by atoms with E-state index in [4.69, 9.17) is 15.2 Å². The molecule has 1 aliphatic rings. The number of nitrogens with two attached hydrogens (primary N) is 1. The lowest BCUT2D eigenvalue weighted by atomic mass is 9.96. The maximum Gasteiger partial charge on any atom is 0.334 e. The number of esters is 1. The third-order valence-corrected chi connectivity index (χ3v) is 4.76. The maximum atomic E-state index is 11.7. The minimum atomic E-state index is -1.74. The maximum absolute atomic E-state index is 11.7. The van der Waals surface area contributed by atoms with E-state index in [9.17, 15) is 20.1 Å². The van der Waals surface area contributed by atoms with Crippen LogP contribution < -0.4 is 5.73 Å². The number of anilines is 1. The van der Waals surface area contributed by atoms with Crippen LogP contribution in [0.25, 0.3) is 16.8 Å². The molecule has 3 rings (SSSR count). The standard InChI is InChI=1S/C17H22N4O7/c1-17(25)13(24)10(6-22)28-16(17)21-5-8(9(26-2)4-11(23)27-3)12-14(18)19-7-20-15(12)21/h4-5,7,10,13,16,22,24-25H,6H2,1-3H3,(H2,18,19,20)/b9-4+/t10-,13-,16?,17-/m1/s1. The van der Waals surface area contributed by atoms with E-state index in [1.807, 2.05) is 0 Å². The van der Waals surface area contributed by atoms with E-state index in [1.165, 1.54) is 38.2 Å². The Labute approximate surface area is 160 Å². The van der Waals surface area contributed by atoms with Crippen LogP contribution >= 0.6 is 0 Å². The zero-order chi connectivity index (χ0) is 20.6. The SMILES string of the molecule is COC(=O)/C=C(/OC)c1cn(C2O[C@H](CO)[C@@H](O)[C@@]2(C)O)c2ncnc(N)c12. The van der Waals surface area contributed by atoms with Crippen molar-refractivity contribution >= 4 is 28.6 Å². The molecular formula is C17H22N4O7. The van der Waals surface area contributed by atoms with Crippen molar-refractivity contribution in [1.82, 2.24) is 14.5 Å². The summed E-state index contributed by atoms with van der Waals surface area (Å²) >= 11 is 0. The molecule has 4 atom stereocenters. The fourth-order valence-corrected chi connectivity index (χ4v) is 3.28. The topological polar surface area (TPSA) is 162 Å². The Bertz CT molecular complexity index is 924. The van der Waals surface area contributed by atoms with Gasteiger partial charge in [-0.3, -0.25) is 0 Å². The second kappa shape index (κ2) is 7.36. The Morgan fingerprint density at radius 3 is 2.71 bits per heavy atom. The van der Waals surface area contributed by atoms with Gasteiger partial charge in [0.05, 0.1) is 32.3 Å². The molecule has 1 aliphatic heterocycles. The molecule has 1 unspecified atom stereocenters. The summed E-state index contributed by atoms with van der Waals surface area (Å²) in [6.07, 6.45) is 0.450. The molecule has 0 aliphatic carbocycles. The highest BCUT2D eigenvalue weighted by molar-refractivity contribution is 6.00. The molecule has 1 saturated heterocycles. The number of carbonyl (C=O) groups is 1. The van der Waals surface area contributed by atoms with Gasteiger partial charge in [-0.2, -0.15) is 0 Å². The van der Waals surface area contributed by atoms with Gasteiger partial charge in [0.15, 0.2) is 6.23 Å². The normalized spacial score (nSPS) is 27.9. The van der Waals surface area contributed by atoms with E-state index >= 15 is 0 Å². The van der Waals surface area contributed by atoms with Gasteiger partial charge < -0.3 is 39.8 Å². The fraction of sp³-hybridized carbons (Fsp3) is 0.471. The molecule has 5 N–H and O–H groups in total. The molecule has 0 aromatic carbocycles. The van der Waals surface area contributed by atoms with Crippen molar-refractivity contribution in [3.63, 3.8) is 0 Å². The predicted octanol–water partition coefficient (Wildman–Crippen LogP) is -0.825. The highest BCUT2D eigenvalue weighted by atomic mass is 16.6. The Morgan fingerprint density at radius 2 is 2.14 bits per heavy atom. The van der Waals surface area contributed by atoms with Gasteiger partial charge in [0.2, 0.25) is 0 Å². The van der Waals surface area contributed by atoms with E-state index in [0.717, 1.165) is 6.08 Å². The Hall–Kier alpha value is -2.73. The summed E-state index contributed by atoms with van der Waals surface area (Å²) in [6.45, 7) is 0.901. The van der Waals surface area contributed by atoms with Crippen LogP contribution in [0.15, 0.2) is 18.6 Å². The number of nitrogens with zero attached hydrogens (tertiary/aromatic N) is 3. The number of ether oxygens (including phenoxy) is 3. The van der Waals surface area contributed by atoms with E-state index in [-0.39, 0.29) is 17.2 Å². The minimum Gasteiger partial charge on any atom is -0.496 e. The molecule has 0 amide bonds. The van der Waals surface area contributed by atoms with Crippen LogP contribution in [0.4, 0.5) is 5.82 Å². The van der Waals surface area contributed by atoms with Crippen molar-refractivity contribution in [3.05, 3.63) is 24.2 Å². The van der Waals surface area contributed by atoms with Gasteiger partial charge in [-0.15, -0.1) is 0 Å². The van der Waals surface area contributed by atoms with Crippen LogP contribution in [-0.2, 0) is 19.0 Å². The molecule has 3 heterocycles. The lowest BCUT2D eigenvalue weighted by molar-refractivity contribution is -0.134. The molecule has 28 heavy (non-hydrogen) atoms. The van der Waals surface area contributed by atoms with Gasteiger partial charge in [0.25, 0.3) is 0 Å². The van der Waals surface area contributed by atoms with Crippen molar-refractivity contribution in [1.29, 1.82) is 0 Å². The quantitative estimate of drug-likeness (QED) is 0.286. The van der Waals surface area contributed by atoms with Crippen LogP contribution in [0.3, 0.4) is 0 Å². The van der Waals surface area contributed by atoms with Gasteiger partial charge in [0.1, 0.15) is 41.4 Å². The van der Waals surface area contributed by atoms with Crippen molar-refractivity contribution in [2.75, 3.05) is 26.6 Å². The Kier molecular flexibility index (Phi) is 5.26. The zero-order valence-electron chi connectivity index (χ0n) is 15.6. The predicted molar refractivity (Wildman–Crippen MR) is 96.6 cm³/mol. The fourth-order valence-electron chi connectivity index (χ4n) is 3.28. The molecule has 152 valence electrons. The molecule has 11 nitrogen and oxygen atoms in total. The van der Waals surface area contributed by atoms with Gasteiger partial charge in [-0.05, 0) is 6.92 Å². The molecule has 0 spiro atoms. The number of methoxy groups -OCH3 is 2. The number of aliphatic hydroxyl groups excluding tert-OH is 2. The summed E-state index contributed by atoms with van der Waals surface area (Å²) in [5.74, 6) is -0.398. The Morgan fingerprint density at radius 1 is 1.43 bits per heavy atom. The number of carbonyl (C=O) groups excluding carboxylic acids is 1. The van der Waals surface area contributed by atoms with Gasteiger partial charge in [-0.1, -0.05) is 0 Å². The van der Waals surface area contributed by atoms with Gasteiger partial charge in [-0.25, -0.2) is 14.8 Å². The number of hydrogen-bond acceptors (Lipinski definition) is 10. The number of aliphatic hydroxyl groups is 3. The van der Waals surface area contributed by atoms with Gasteiger partial charge in [0, 0.05) is 11.8 Å². The van der Waals surface area contributed by atoms with Crippen LogP contribution in [0.2, 0.25) is 0 Å². The first-order valence-electron chi connectivity index (χ1n) is 8.38. The largest absolute Gasteiger partial charge is 0.496 e. The number of fused-ring (bicyclic) bond motifs is 1. The highest BCUT2D eigenvalue weighted by Crippen LogP contribution is 2.41. The molecule has 11 heteroatoms. The third-order valence-electron chi connectivity index (χ3n) is 4.76. The lowest BCUT2D eigenvalue weighted by Gasteiger charge is -2.27. The van der Waals surface area contributed by atoms with Gasteiger partial charge >= 0.3 is 5.97 Å². The third kappa shape index (κ3) is 3.07. The molecule has 0 radical (unpaired) electrons. The first kappa shape index (κ1) is 20.0. The van der Waals surface area contributed by atoms with Crippen molar-refractivity contribution in [2.24, 2.45) is 0 Å². The van der Waals surface area contributed by atoms with E-state index < -0.39 is 36.6 Å². The van der Waals surface area contributed by atoms with Crippen LogP contribution in [0.5, 0.6) is 0 Å². The van der Waals surface area contributed by atoms with E-state index in [0.29, 0.717) is 10.9 Å².